The van der Waals surface area contributed by atoms with Crippen molar-refractivity contribution in [2.24, 2.45) is 4.99 Å². The van der Waals surface area contributed by atoms with Crippen molar-refractivity contribution in [3.63, 3.8) is 0 Å². The van der Waals surface area contributed by atoms with Crippen molar-refractivity contribution in [2.75, 3.05) is 13.2 Å². The van der Waals surface area contributed by atoms with Crippen LogP contribution in [0.1, 0.15) is 12.8 Å². The van der Waals surface area contributed by atoms with Gasteiger partial charge >= 0.3 is 5.97 Å². The topological polar surface area (TPSA) is 55.7 Å². The smallest absolute Gasteiger partial charge is 0.334 e. The third kappa shape index (κ3) is 3.87. The van der Waals surface area contributed by atoms with Gasteiger partial charge in [-0.2, -0.15) is 0 Å². The van der Waals surface area contributed by atoms with Gasteiger partial charge in [0, 0.05) is 12.0 Å². The number of ether oxygens (including phenoxy) is 1. The maximum Gasteiger partial charge on any atom is 0.334 e. The first-order valence-corrected chi connectivity index (χ1v) is 4.50. The Morgan fingerprint density at radius 3 is 2.93 bits per heavy atom. The largest absolute Gasteiger partial charge is 0.460 e. The number of esters is 1. The summed E-state index contributed by atoms with van der Waals surface area (Å²) >= 11 is 0. The van der Waals surface area contributed by atoms with Gasteiger partial charge in [-0.1, -0.05) is 0 Å². The molecule has 0 atom stereocenters. The number of hydrogen-bond acceptors (Lipinski definition) is 4. The van der Waals surface area contributed by atoms with Gasteiger partial charge in [0.25, 0.3) is 0 Å². The van der Waals surface area contributed by atoms with Crippen LogP contribution in [0.5, 0.6) is 0 Å². The molecule has 5 heteroatoms. The van der Waals surface area contributed by atoms with Crippen LogP contribution in [0.25, 0.3) is 0 Å². The normalized spacial score (nSPS) is 14.7. The summed E-state index contributed by atoms with van der Waals surface area (Å²) in [5, 5.41) is 0. The van der Waals surface area contributed by atoms with E-state index >= 15 is 0 Å². The van der Waals surface area contributed by atoms with Gasteiger partial charge < -0.3 is 4.74 Å². The zero-order valence-corrected chi connectivity index (χ0v) is 8.03. The molecule has 0 radical (unpaired) electrons. The van der Waals surface area contributed by atoms with Crippen LogP contribution in [0.15, 0.2) is 28.5 Å². The number of allylic oxidation sites excluding steroid dienone is 3. The van der Waals surface area contributed by atoms with Gasteiger partial charge in [-0.05, 0) is 18.6 Å². The molecular formula is C10H10FNO3. The minimum atomic E-state index is -0.486. The highest BCUT2D eigenvalue weighted by molar-refractivity contribution is 5.89. The summed E-state index contributed by atoms with van der Waals surface area (Å²) in [7, 11) is 0. The Hall–Kier alpha value is -1.74. The van der Waals surface area contributed by atoms with Gasteiger partial charge in [0.2, 0.25) is 6.08 Å². The summed E-state index contributed by atoms with van der Waals surface area (Å²) in [6.07, 6.45) is 4.57. The molecule has 0 N–H and O–H groups in total. The summed E-state index contributed by atoms with van der Waals surface area (Å²) in [6.45, 7) is 0.143. The monoisotopic (exact) mass is 211 g/mol. The van der Waals surface area contributed by atoms with Crippen LogP contribution in [0.4, 0.5) is 4.39 Å². The minimum Gasteiger partial charge on any atom is -0.460 e. The fraction of sp³-hybridized carbons (Fsp3) is 0.400. The molecule has 0 spiro atoms. The summed E-state index contributed by atoms with van der Waals surface area (Å²) < 4.78 is 17.4. The third-order valence-corrected chi connectivity index (χ3v) is 1.86. The second kappa shape index (κ2) is 5.88. The van der Waals surface area contributed by atoms with Crippen LogP contribution in [-0.4, -0.2) is 25.2 Å². The summed E-state index contributed by atoms with van der Waals surface area (Å²) in [6, 6.07) is 0. The SMILES string of the molecule is O=C=NCCOC(=O)C1=CC=C(F)CC1. The maximum absolute atomic E-state index is 12.6. The molecule has 0 fully saturated rings. The predicted molar refractivity (Wildman–Crippen MR) is 50.5 cm³/mol. The molecule has 0 amide bonds. The van der Waals surface area contributed by atoms with Crippen LogP contribution in [0, 0.1) is 0 Å². The van der Waals surface area contributed by atoms with E-state index in [1.54, 1.807) is 0 Å². The lowest BCUT2D eigenvalue weighted by atomic mass is 10.0. The third-order valence-electron chi connectivity index (χ3n) is 1.86. The zero-order valence-electron chi connectivity index (χ0n) is 8.03. The molecule has 80 valence electrons. The first-order valence-electron chi connectivity index (χ1n) is 4.50. The molecule has 0 aliphatic heterocycles. The molecule has 0 aromatic carbocycles. The lowest BCUT2D eigenvalue weighted by Gasteiger charge is -2.09. The zero-order chi connectivity index (χ0) is 11.1. The Bertz CT molecular complexity index is 354. The average molecular weight is 211 g/mol. The lowest BCUT2D eigenvalue weighted by Crippen LogP contribution is -2.11. The summed E-state index contributed by atoms with van der Waals surface area (Å²) in [5.41, 5.74) is 0.437. The molecule has 0 saturated heterocycles. The van der Waals surface area contributed by atoms with Gasteiger partial charge in [0.1, 0.15) is 12.4 Å². The Morgan fingerprint density at radius 1 is 1.53 bits per heavy atom. The number of nitrogens with zero attached hydrogens (tertiary/aromatic N) is 1. The molecule has 15 heavy (non-hydrogen) atoms. The van der Waals surface area contributed by atoms with Crippen LogP contribution in [0.3, 0.4) is 0 Å². The van der Waals surface area contributed by atoms with Crippen molar-refractivity contribution < 1.29 is 18.7 Å². The molecule has 0 aromatic rings. The average Bonchev–Trinajstić information content (AvgIpc) is 2.25. The molecule has 4 nitrogen and oxygen atoms in total. The predicted octanol–water partition coefficient (Wildman–Crippen LogP) is 1.44. The van der Waals surface area contributed by atoms with Crippen molar-refractivity contribution >= 4 is 12.0 Å². The van der Waals surface area contributed by atoms with E-state index in [4.69, 9.17) is 4.74 Å². The van der Waals surface area contributed by atoms with Gasteiger partial charge in [-0.3, -0.25) is 0 Å². The van der Waals surface area contributed by atoms with Gasteiger partial charge in [0.05, 0.1) is 6.54 Å². The molecule has 1 aliphatic rings. The van der Waals surface area contributed by atoms with Crippen LogP contribution < -0.4 is 0 Å². The van der Waals surface area contributed by atoms with Crippen LogP contribution in [0.2, 0.25) is 0 Å². The Morgan fingerprint density at radius 2 is 2.33 bits per heavy atom. The van der Waals surface area contributed by atoms with E-state index in [1.165, 1.54) is 18.2 Å². The minimum absolute atomic E-state index is 0.0393. The first kappa shape index (κ1) is 11.3. The number of carbonyl (C=O) groups excluding carboxylic acids is 2. The van der Waals surface area contributed by atoms with Crippen molar-refractivity contribution in [1.29, 1.82) is 0 Å². The van der Waals surface area contributed by atoms with Crippen molar-refractivity contribution in [1.82, 2.24) is 0 Å². The van der Waals surface area contributed by atoms with E-state index in [0.717, 1.165) is 0 Å². The number of isocyanates is 1. The molecule has 1 aliphatic carbocycles. The Labute approximate surface area is 86.1 Å². The van der Waals surface area contributed by atoms with E-state index in [-0.39, 0.29) is 25.4 Å². The number of carbonyl (C=O) groups is 1. The van der Waals surface area contributed by atoms with Crippen molar-refractivity contribution in [3.05, 3.63) is 23.6 Å². The molecule has 0 heterocycles. The molecule has 0 saturated carbocycles. The highest BCUT2D eigenvalue weighted by Gasteiger charge is 2.14. The van der Waals surface area contributed by atoms with Crippen LogP contribution >= 0.6 is 0 Å². The highest BCUT2D eigenvalue weighted by Crippen LogP contribution is 2.19. The molecule has 1 rings (SSSR count). The quantitative estimate of drug-likeness (QED) is 0.306. The van der Waals surface area contributed by atoms with Gasteiger partial charge in [-0.15, -0.1) is 0 Å². The second-order valence-electron chi connectivity index (χ2n) is 2.91. The fourth-order valence-corrected chi connectivity index (χ4v) is 1.10. The van der Waals surface area contributed by atoms with Crippen LogP contribution in [-0.2, 0) is 14.3 Å². The van der Waals surface area contributed by atoms with E-state index in [0.29, 0.717) is 12.0 Å². The standard InChI is InChI=1S/C10H10FNO3/c11-9-3-1-8(2-4-9)10(14)15-6-5-12-7-13/h1,3H,2,4-6H2. The van der Waals surface area contributed by atoms with E-state index in [1.807, 2.05) is 0 Å². The summed E-state index contributed by atoms with van der Waals surface area (Å²) in [5.74, 6) is -0.725. The van der Waals surface area contributed by atoms with E-state index in [2.05, 4.69) is 4.99 Å². The maximum atomic E-state index is 12.6. The fourth-order valence-electron chi connectivity index (χ4n) is 1.10. The number of rotatable bonds is 4. The second-order valence-corrected chi connectivity index (χ2v) is 2.91. The lowest BCUT2D eigenvalue weighted by molar-refractivity contribution is -0.138. The van der Waals surface area contributed by atoms with Gasteiger partial charge in [0.15, 0.2) is 0 Å². The highest BCUT2D eigenvalue weighted by atomic mass is 19.1. The molecule has 0 unspecified atom stereocenters. The Kier molecular flexibility index (Phi) is 4.44. The number of halogens is 1. The van der Waals surface area contributed by atoms with Crippen molar-refractivity contribution in [3.8, 4) is 0 Å². The van der Waals surface area contributed by atoms with Gasteiger partial charge in [-0.25, -0.2) is 19.0 Å². The van der Waals surface area contributed by atoms with Crippen molar-refractivity contribution in [2.45, 2.75) is 12.8 Å². The molecule has 0 bridgehead atoms. The molecular weight excluding hydrogens is 201 g/mol. The first-order chi connectivity index (χ1) is 7.24. The number of aliphatic imine (C=N–C) groups is 1. The van der Waals surface area contributed by atoms with E-state index in [9.17, 15) is 14.0 Å². The number of hydrogen-bond donors (Lipinski definition) is 0. The summed E-state index contributed by atoms with van der Waals surface area (Å²) in [4.78, 5) is 24.2. The Balaban J connectivity index is 2.37. The van der Waals surface area contributed by atoms with E-state index < -0.39 is 5.97 Å². The molecule has 0 aromatic heterocycles.